The van der Waals surface area contributed by atoms with Crippen LogP contribution in [0.5, 0.6) is 0 Å². The molecule has 0 aromatic heterocycles. The van der Waals surface area contributed by atoms with Crippen molar-refractivity contribution in [2.24, 2.45) is 0 Å². The lowest BCUT2D eigenvalue weighted by Crippen LogP contribution is -2.21. The fourth-order valence-electron chi connectivity index (χ4n) is 1.19. The van der Waals surface area contributed by atoms with E-state index >= 15 is 0 Å². The smallest absolute Gasteiger partial charge is 0.271 e. The molecule has 0 spiro atoms. The molecule has 0 atom stereocenters. The second kappa shape index (κ2) is 3.66. The van der Waals surface area contributed by atoms with E-state index in [0.717, 1.165) is 5.56 Å². The quantitative estimate of drug-likeness (QED) is 0.824. The van der Waals surface area contributed by atoms with Gasteiger partial charge < -0.3 is 0 Å². The third kappa shape index (κ3) is 2.42. The zero-order chi connectivity index (χ0) is 11.1. The Balaban J connectivity index is 2.27. The Hall–Kier alpha value is -0.780. The van der Waals surface area contributed by atoms with E-state index in [1.54, 1.807) is 18.2 Å². The average Bonchev–Trinajstić information content (AvgIpc) is 2.93. The van der Waals surface area contributed by atoms with Crippen LogP contribution in [0, 0.1) is 6.92 Å². The minimum atomic E-state index is -3.35. The maximum atomic E-state index is 11.6. The molecule has 0 amide bonds. The van der Waals surface area contributed by atoms with Gasteiger partial charge in [-0.1, -0.05) is 17.7 Å². The normalized spacial score (nSPS) is 16.4. The lowest BCUT2D eigenvalue weighted by Gasteiger charge is -2.10. The molecule has 1 heterocycles. The van der Waals surface area contributed by atoms with Crippen LogP contribution >= 0.6 is 11.6 Å². The Labute approximate surface area is 94.0 Å². The fraction of sp³-hybridized carbons (Fsp3) is 0.333. The minimum absolute atomic E-state index is 0.518. The highest BCUT2D eigenvalue weighted by Crippen LogP contribution is 2.23. The Morgan fingerprint density at radius 3 is 2.67 bits per heavy atom. The molecule has 0 radical (unpaired) electrons. The molecule has 82 valence electrons. The van der Waals surface area contributed by atoms with E-state index < -0.39 is 10.2 Å². The Bertz CT molecular complexity index is 483. The van der Waals surface area contributed by atoms with Gasteiger partial charge >= 0.3 is 10.2 Å². The minimum Gasteiger partial charge on any atom is -0.271 e. The highest BCUT2D eigenvalue weighted by atomic mass is 35.5. The second-order valence-corrected chi connectivity index (χ2v) is 5.57. The van der Waals surface area contributed by atoms with Crippen LogP contribution < -0.4 is 4.72 Å². The van der Waals surface area contributed by atoms with Gasteiger partial charge in [-0.25, -0.2) is 0 Å². The lowest BCUT2D eigenvalue weighted by molar-refractivity contribution is 0.569. The van der Waals surface area contributed by atoms with Gasteiger partial charge in [-0.15, -0.1) is 0 Å². The van der Waals surface area contributed by atoms with Crippen molar-refractivity contribution in [3.05, 3.63) is 28.8 Å². The van der Waals surface area contributed by atoms with E-state index in [0.29, 0.717) is 23.8 Å². The van der Waals surface area contributed by atoms with Crippen LogP contribution in [0.25, 0.3) is 0 Å². The number of nitrogens with zero attached hydrogens (tertiary/aromatic N) is 1. The summed E-state index contributed by atoms with van der Waals surface area (Å²) in [6, 6.07) is 5.12. The van der Waals surface area contributed by atoms with E-state index in [4.69, 9.17) is 11.6 Å². The summed E-state index contributed by atoms with van der Waals surface area (Å²) < 4.78 is 27.1. The molecule has 1 aliphatic heterocycles. The molecule has 1 aromatic rings. The summed E-state index contributed by atoms with van der Waals surface area (Å²) in [7, 11) is -3.35. The van der Waals surface area contributed by atoms with Gasteiger partial charge in [0, 0.05) is 18.1 Å². The van der Waals surface area contributed by atoms with E-state index in [-0.39, 0.29) is 0 Å². The largest absolute Gasteiger partial charge is 0.301 e. The van der Waals surface area contributed by atoms with Crippen molar-refractivity contribution in [2.75, 3.05) is 17.8 Å². The molecule has 0 saturated carbocycles. The van der Waals surface area contributed by atoms with Gasteiger partial charge in [-0.2, -0.15) is 12.7 Å². The summed E-state index contributed by atoms with van der Waals surface area (Å²) in [4.78, 5) is 0. The molecule has 15 heavy (non-hydrogen) atoms. The molecule has 1 aromatic carbocycles. The molecule has 6 heteroatoms. The summed E-state index contributed by atoms with van der Waals surface area (Å²) in [5.74, 6) is 0. The number of rotatable bonds is 3. The summed E-state index contributed by atoms with van der Waals surface area (Å²) in [5, 5.41) is 0.518. The van der Waals surface area contributed by atoms with E-state index in [1.165, 1.54) is 4.31 Å². The summed E-state index contributed by atoms with van der Waals surface area (Å²) in [5.41, 5.74) is 1.39. The maximum Gasteiger partial charge on any atom is 0.301 e. The number of aryl methyl sites for hydroxylation is 1. The maximum absolute atomic E-state index is 11.6. The molecule has 1 saturated heterocycles. The third-order valence-electron chi connectivity index (χ3n) is 2.18. The molecule has 0 bridgehead atoms. The van der Waals surface area contributed by atoms with Crippen molar-refractivity contribution in [1.29, 1.82) is 0 Å². The zero-order valence-electron chi connectivity index (χ0n) is 8.20. The first-order valence-corrected chi connectivity index (χ1v) is 6.35. The van der Waals surface area contributed by atoms with E-state index in [2.05, 4.69) is 4.72 Å². The predicted octanol–water partition coefficient (Wildman–Crippen LogP) is 1.62. The van der Waals surface area contributed by atoms with Gasteiger partial charge in [0.25, 0.3) is 0 Å². The van der Waals surface area contributed by atoms with Crippen LogP contribution in [0.1, 0.15) is 5.56 Å². The Morgan fingerprint density at radius 2 is 2.07 bits per heavy atom. The number of hydrogen-bond donors (Lipinski definition) is 1. The first-order valence-electron chi connectivity index (χ1n) is 4.53. The number of benzene rings is 1. The SMILES string of the molecule is Cc1ccc(Cl)cc1NS(=O)(=O)N1CC1. The number of anilines is 1. The Morgan fingerprint density at radius 1 is 1.40 bits per heavy atom. The van der Waals surface area contributed by atoms with Crippen molar-refractivity contribution in [1.82, 2.24) is 4.31 Å². The van der Waals surface area contributed by atoms with Crippen molar-refractivity contribution in [3.63, 3.8) is 0 Å². The molecule has 0 aliphatic carbocycles. The van der Waals surface area contributed by atoms with Gasteiger partial charge in [0.15, 0.2) is 0 Å². The van der Waals surface area contributed by atoms with Crippen molar-refractivity contribution >= 4 is 27.5 Å². The molecular formula is C9H11ClN2O2S. The summed E-state index contributed by atoms with van der Waals surface area (Å²) in [6.07, 6.45) is 0. The molecule has 1 aliphatic rings. The van der Waals surface area contributed by atoms with Crippen LogP contribution in [-0.2, 0) is 10.2 Å². The van der Waals surface area contributed by atoms with Gasteiger partial charge in [0.1, 0.15) is 0 Å². The van der Waals surface area contributed by atoms with Crippen LogP contribution in [-0.4, -0.2) is 25.8 Å². The van der Waals surface area contributed by atoms with E-state index in [1.807, 2.05) is 6.92 Å². The number of halogens is 1. The first-order chi connectivity index (χ1) is 6.99. The topological polar surface area (TPSA) is 49.2 Å². The first kappa shape index (κ1) is 10.7. The number of nitrogens with one attached hydrogen (secondary N) is 1. The lowest BCUT2D eigenvalue weighted by atomic mass is 10.2. The molecular weight excluding hydrogens is 236 g/mol. The average molecular weight is 247 g/mol. The molecule has 2 rings (SSSR count). The van der Waals surface area contributed by atoms with Crippen LogP contribution in [0.4, 0.5) is 5.69 Å². The monoisotopic (exact) mass is 246 g/mol. The number of hydrogen-bond acceptors (Lipinski definition) is 2. The second-order valence-electron chi connectivity index (χ2n) is 3.47. The highest BCUT2D eigenvalue weighted by Gasteiger charge is 2.31. The van der Waals surface area contributed by atoms with Crippen molar-refractivity contribution < 1.29 is 8.42 Å². The predicted molar refractivity (Wildman–Crippen MR) is 60.3 cm³/mol. The van der Waals surface area contributed by atoms with Gasteiger partial charge in [0.2, 0.25) is 0 Å². The summed E-state index contributed by atoms with van der Waals surface area (Å²) >= 11 is 5.79. The van der Waals surface area contributed by atoms with Crippen molar-refractivity contribution in [3.8, 4) is 0 Å². The van der Waals surface area contributed by atoms with Gasteiger partial charge in [-0.05, 0) is 24.6 Å². The highest BCUT2D eigenvalue weighted by molar-refractivity contribution is 7.90. The van der Waals surface area contributed by atoms with Crippen LogP contribution in [0.2, 0.25) is 5.02 Å². The summed E-state index contributed by atoms with van der Waals surface area (Å²) in [6.45, 7) is 3.01. The standard InChI is InChI=1S/C9H11ClN2O2S/c1-7-2-3-8(10)6-9(7)11-15(13,14)12-4-5-12/h2-3,6,11H,4-5H2,1H3. The zero-order valence-corrected chi connectivity index (χ0v) is 9.77. The molecule has 0 unspecified atom stereocenters. The molecule has 4 nitrogen and oxygen atoms in total. The van der Waals surface area contributed by atoms with Gasteiger partial charge in [0.05, 0.1) is 5.69 Å². The van der Waals surface area contributed by atoms with Crippen LogP contribution in [0.15, 0.2) is 18.2 Å². The molecule has 1 N–H and O–H groups in total. The molecule has 1 fully saturated rings. The third-order valence-corrected chi connectivity index (χ3v) is 3.94. The van der Waals surface area contributed by atoms with Crippen molar-refractivity contribution in [2.45, 2.75) is 6.92 Å². The van der Waals surface area contributed by atoms with Gasteiger partial charge in [-0.3, -0.25) is 4.72 Å². The fourth-order valence-corrected chi connectivity index (χ4v) is 2.55. The van der Waals surface area contributed by atoms with Crippen LogP contribution in [0.3, 0.4) is 0 Å². The Kier molecular flexibility index (Phi) is 2.62. The van der Waals surface area contributed by atoms with E-state index in [9.17, 15) is 8.42 Å².